The predicted molar refractivity (Wildman–Crippen MR) is 60.0 cm³/mol. The van der Waals surface area contributed by atoms with Crippen LogP contribution in [-0.2, 0) is 20.9 Å². The molecule has 0 saturated carbocycles. The number of carbonyl (C=O) groups is 3. The lowest BCUT2D eigenvalue weighted by Gasteiger charge is -2.06. The number of rotatable bonds is 7. The zero-order valence-electron chi connectivity index (χ0n) is 9.90. The van der Waals surface area contributed by atoms with Crippen LogP contribution in [0.3, 0.4) is 0 Å². The van der Waals surface area contributed by atoms with Crippen LogP contribution in [0.4, 0.5) is 4.79 Å². The minimum absolute atomic E-state index is 0.262. The summed E-state index contributed by atoms with van der Waals surface area (Å²) in [6.07, 6.45) is 3.13. The van der Waals surface area contributed by atoms with Gasteiger partial charge in [0.2, 0.25) is 0 Å². The molecule has 10 nitrogen and oxygen atoms in total. The summed E-state index contributed by atoms with van der Waals surface area (Å²) in [6, 6.07) is -0.691. The summed E-state index contributed by atoms with van der Waals surface area (Å²) >= 11 is 0. The van der Waals surface area contributed by atoms with Crippen LogP contribution >= 0.6 is 0 Å². The SMILES string of the molecule is O=C(O)COCC(=O)NC(=O)NCCn1ccnn1. The number of hydrogen-bond donors (Lipinski definition) is 3. The minimum atomic E-state index is -1.19. The molecule has 0 aromatic carbocycles. The third kappa shape index (κ3) is 6.73. The van der Waals surface area contributed by atoms with Crippen LogP contribution in [0.1, 0.15) is 0 Å². The van der Waals surface area contributed by atoms with Crippen LogP contribution < -0.4 is 10.6 Å². The maximum Gasteiger partial charge on any atom is 0.329 e. The van der Waals surface area contributed by atoms with E-state index >= 15 is 0 Å². The maximum atomic E-state index is 11.2. The van der Waals surface area contributed by atoms with Crippen molar-refractivity contribution in [1.82, 2.24) is 25.6 Å². The van der Waals surface area contributed by atoms with Crippen molar-refractivity contribution < 1.29 is 24.2 Å². The number of ether oxygens (including phenoxy) is 1. The van der Waals surface area contributed by atoms with Crippen LogP contribution in [0.5, 0.6) is 0 Å². The van der Waals surface area contributed by atoms with E-state index in [0.717, 1.165) is 0 Å². The fourth-order valence-electron chi connectivity index (χ4n) is 1.07. The second kappa shape index (κ2) is 7.76. The van der Waals surface area contributed by atoms with E-state index in [9.17, 15) is 14.4 Å². The van der Waals surface area contributed by atoms with Crippen molar-refractivity contribution in [1.29, 1.82) is 0 Å². The zero-order valence-corrected chi connectivity index (χ0v) is 9.90. The van der Waals surface area contributed by atoms with Gasteiger partial charge in [0.25, 0.3) is 5.91 Å². The molecule has 19 heavy (non-hydrogen) atoms. The van der Waals surface area contributed by atoms with E-state index in [1.807, 2.05) is 5.32 Å². The third-order valence-electron chi connectivity index (χ3n) is 1.81. The number of nitrogens with one attached hydrogen (secondary N) is 2. The number of carbonyl (C=O) groups excluding carboxylic acids is 2. The van der Waals surface area contributed by atoms with Gasteiger partial charge >= 0.3 is 12.0 Å². The fourth-order valence-corrected chi connectivity index (χ4v) is 1.07. The Bertz CT molecular complexity index is 432. The highest BCUT2D eigenvalue weighted by atomic mass is 16.5. The molecule has 1 rings (SSSR count). The van der Waals surface area contributed by atoms with Gasteiger partial charge in [-0.05, 0) is 0 Å². The van der Waals surface area contributed by atoms with Crippen molar-refractivity contribution in [2.24, 2.45) is 0 Å². The first kappa shape index (κ1) is 14.6. The molecule has 0 saturated heterocycles. The van der Waals surface area contributed by atoms with Gasteiger partial charge in [0.15, 0.2) is 0 Å². The summed E-state index contributed by atoms with van der Waals surface area (Å²) < 4.78 is 6.02. The lowest BCUT2D eigenvalue weighted by molar-refractivity contribution is -0.143. The molecule has 3 N–H and O–H groups in total. The van der Waals surface area contributed by atoms with Crippen LogP contribution in [0.25, 0.3) is 0 Å². The Labute approximate surface area is 107 Å². The molecule has 0 aliphatic heterocycles. The normalized spacial score (nSPS) is 9.89. The van der Waals surface area contributed by atoms with Crippen LogP contribution in [0, 0.1) is 0 Å². The molecule has 0 aliphatic carbocycles. The van der Waals surface area contributed by atoms with Crippen molar-refractivity contribution in [3.05, 3.63) is 12.4 Å². The number of aliphatic carboxylic acids is 1. The summed E-state index contributed by atoms with van der Waals surface area (Å²) in [5.74, 6) is -1.91. The molecule has 1 aromatic rings. The van der Waals surface area contributed by atoms with Gasteiger partial charge in [-0.1, -0.05) is 5.21 Å². The Morgan fingerprint density at radius 1 is 1.32 bits per heavy atom. The number of carboxylic acid groups (broad SMARTS) is 1. The first-order valence-corrected chi connectivity index (χ1v) is 5.29. The fraction of sp³-hybridized carbons (Fsp3) is 0.444. The quantitative estimate of drug-likeness (QED) is 0.532. The van der Waals surface area contributed by atoms with Gasteiger partial charge in [-0.2, -0.15) is 0 Å². The maximum absolute atomic E-state index is 11.2. The Balaban J connectivity index is 2.09. The molecule has 0 spiro atoms. The van der Waals surface area contributed by atoms with Gasteiger partial charge in [0, 0.05) is 12.7 Å². The largest absolute Gasteiger partial charge is 0.480 e. The van der Waals surface area contributed by atoms with Crippen LogP contribution in [-0.4, -0.2) is 57.8 Å². The molecule has 0 unspecified atom stereocenters. The molecular weight excluding hydrogens is 258 g/mol. The summed E-state index contributed by atoms with van der Waals surface area (Å²) in [6.45, 7) is -0.417. The minimum Gasteiger partial charge on any atom is -0.480 e. The summed E-state index contributed by atoms with van der Waals surface area (Å²) in [5.41, 5.74) is 0. The standard InChI is InChI=1S/C9H13N5O5/c15-7(5-19-6-8(16)17)12-9(18)10-1-3-14-4-2-11-13-14/h2,4H,1,3,5-6H2,(H,16,17)(H2,10,12,15,18). The molecule has 0 fully saturated rings. The van der Waals surface area contributed by atoms with E-state index in [0.29, 0.717) is 6.54 Å². The molecule has 10 heteroatoms. The number of hydrogen-bond acceptors (Lipinski definition) is 6. The molecular formula is C9H13N5O5. The van der Waals surface area contributed by atoms with E-state index in [4.69, 9.17) is 5.11 Å². The summed E-state index contributed by atoms with van der Waals surface area (Å²) in [4.78, 5) is 32.4. The molecule has 104 valence electrons. The monoisotopic (exact) mass is 271 g/mol. The zero-order chi connectivity index (χ0) is 14.1. The van der Waals surface area contributed by atoms with E-state index in [-0.39, 0.29) is 6.54 Å². The Morgan fingerprint density at radius 2 is 2.11 bits per heavy atom. The van der Waals surface area contributed by atoms with Gasteiger partial charge in [0.1, 0.15) is 13.2 Å². The lowest BCUT2D eigenvalue weighted by atomic mass is 10.6. The van der Waals surface area contributed by atoms with E-state index in [2.05, 4.69) is 20.4 Å². The number of imide groups is 1. The number of carboxylic acids is 1. The number of nitrogens with zero attached hydrogens (tertiary/aromatic N) is 3. The highest BCUT2D eigenvalue weighted by molar-refractivity contribution is 5.94. The van der Waals surface area contributed by atoms with Gasteiger partial charge in [0.05, 0.1) is 12.7 Å². The smallest absolute Gasteiger partial charge is 0.329 e. The van der Waals surface area contributed by atoms with E-state index in [1.165, 1.54) is 10.9 Å². The summed E-state index contributed by atoms with van der Waals surface area (Å²) in [7, 11) is 0. The molecule has 3 amide bonds. The molecule has 0 radical (unpaired) electrons. The average molecular weight is 271 g/mol. The predicted octanol–water partition coefficient (Wildman–Crippen LogP) is -1.79. The average Bonchev–Trinajstić information content (AvgIpc) is 2.81. The van der Waals surface area contributed by atoms with Gasteiger partial charge in [-0.15, -0.1) is 5.10 Å². The van der Waals surface area contributed by atoms with Gasteiger partial charge in [-0.3, -0.25) is 14.8 Å². The summed E-state index contributed by atoms with van der Waals surface area (Å²) in [5, 5.41) is 19.9. The first-order chi connectivity index (χ1) is 9.08. The molecule has 0 atom stereocenters. The van der Waals surface area contributed by atoms with Crippen LogP contribution in [0.15, 0.2) is 12.4 Å². The Kier molecular flexibility index (Phi) is 5.95. The molecule has 0 bridgehead atoms. The van der Waals surface area contributed by atoms with Gasteiger partial charge < -0.3 is 15.2 Å². The first-order valence-electron chi connectivity index (χ1n) is 5.29. The molecule has 0 aliphatic rings. The number of urea groups is 1. The van der Waals surface area contributed by atoms with Crippen molar-refractivity contribution in [2.75, 3.05) is 19.8 Å². The van der Waals surface area contributed by atoms with Crippen LogP contribution in [0.2, 0.25) is 0 Å². The second-order valence-corrected chi connectivity index (χ2v) is 3.36. The third-order valence-corrected chi connectivity index (χ3v) is 1.81. The lowest BCUT2D eigenvalue weighted by Crippen LogP contribution is -2.42. The Hall–Kier alpha value is -2.49. The number of amides is 3. The van der Waals surface area contributed by atoms with E-state index < -0.39 is 31.1 Å². The highest BCUT2D eigenvalue weighted by Gasteiger charge is 2.08. The van der Waals surface area contributed by atoms with Crippen molar-refractivity contribution in [3.63, 3.8) is 0 Å². The topological polar surface area (TPSA) is 135 Å². The molecule has 1 heterocycles. The molecule has 1 aromatic heterocycles. The number of aromatic nitrogens is 3. The van der Waals surface area contributed by atoms with Crippen molar-refractivity contribution >= 4 is 17.9 Å². The highest BCUT2D eigenvalue weighted by Crippen LogP contribution is 1.80. The van der Waals surface area contributed by atoms with Gasteiger partial charge in [-0.25, -0.2) is 9.59 Å². The Morgan fingerprint density at radius 3 is 2.74 bits per heavy atom. The van der Waals surface area contributed by atoms with Crippen molar-refractivity contribution in [3.8, 4) is 0 Å². The second-order valence-electron chi connectivity index (χ2n) is 3.36. The van der Waals surface area contributed by atoms with E-state index in [1.54, 1.807) is 6.20 Å². The van der Waals surface area contributed by atoms with Crippen molar-refractivity contribution in [2.45, 2.75) is 6.54 Å².